The Morgan fingerprint density at radius 1 is 1.12 bits per heavy atom. The molecule has 1 aliphatic carbocycles. The molecule has 43 heavy (non-hydrogen) atoms. The van der Waals surface area contributed by atoms with Gasteiger partial charge in [0, 0.05) is 62.0 Å². The molecule has 1 aromatic carbocycles. The topological polar surface area (TPSA) is 92.8 Å². The SMILES string of the molecule is Cc1nn(Cc2cccc(C3CC3)n2)c2ccc(F)c(NC(=O)c3cnc4cc(OCCN5CCN(C)CC5)ccn34)c12. The number of nitrogens with zero attached hydrogens (tertiary/aromatic N) is 7. The van der Waals surface area contributed by atoms with E-state index in [1.807, 2.05) is 35.9 Å². The quantitative estimate of drug-likeness (QED) is 0.277. The summed E-state index contributed by atoms with van der Waals surface area (Å²) < 4.78 is 24.7. The Labute approximate surface area is 249 Å². The average molecular weight is 583 g/mol. The molecule has 4 aromatic heterocycles. The lowest BCUT2D eigenvalue weighted by Gasteiger charge is -2.32. The largest absolute Gasteiger partial charge is 0.492 e. The van der Waals surface area contributed by atoms with Crippen LogP contribution in [0.2, 0.25) is 0 Å². The lowest BCUT2D eigenvalue weighted by atomic mass is 10.1. The first-order valence-corrected chi connectivity index (χ1v) is 14.9. The van der Waals surface area contributed by atoms with Crippen LogP contribution in [0.25, 0.3) is 16.6 Å². The van der Waals surface area contributed by atoms with E-state index in [0.29, 0.717) is 47.2 Å². The average Bonchev–Trinajstić information content (AvgIpc) is 3.70. The second-order valence-corrected chi connectivity index (χ2v) is 11.6. The zero-order chi connectivity index (χ0) is 29.5. The highest BCUT2D eigenvalue weighted by atomic mass is 19.1. The monoisotopic (exact) mass is 582 g/mol. The lowest BCUT2D eigenvalue weighted by Crippen LogP contribution is -2.45. The van der Waals surface area contributed by atoms with E-state index in [4.69, 9.17) is 9.72 Å². The number of nitrogens with one attached hydrogen (secondary N) is 1. The molecule has 2 aliphatic rings. The van der Waals surface area contributed by atoms with E-state index >= 15 is 4.39 Å². The van der Waals surface area contributed by atoms with Crippen LogP contribution in [0.5, 0.6) is 5.75 Å². The third kappa shape index (κ3) is 5.70. The molecule has 0 unspecified atom stereocenters. The Bertz CT molecular complexity index is 1800. The molecule has 222 valence electrons. The summed E-state index contributed by atoms with van der Waals surface area (Å²) in [4.78, 5) is 27.4. The van der Waals surface area contributed by atoms with Crippen LogP contribution >= 0.6 is 0 Å². The second kappa shape index (κ2) is 11.4. The Morgan fingerprint density at radius 2 is 1.95 bits per heavy atom. The van der Waals surface area contributed by atoms with Crippen LogP contribution in [-0.2, 0) is 6.54 Å². The van der Waals surface area contributed by atoms with Crippen molar-refractivity contribution in [2.75, 3.05) is 51.7 Å². The number of imidazole rings is 1. The molecule has 5 heterocycles. The number of anilines is 1. The molecule has 2 fully saturated rings. The smallest absolute Gasteiger partial charge is 0.274 e. The van der Waals surface area contributed by atoms with Crippen molar-refractivity contribution in [2.45, 2.75) is 32.2 Å². The first-order valence-electron chi connectivity index (χ1n) is 14.9. The van der Waals surface area contributed by atoms with Crippen LogP contribution in [0.4, 0.5) is 10.1 Å². The van der Waals surface area contributed by atoms with Crippen LogP contribution in [-0.4, -0.2) is 86.2 Å². The van der Waals surface area contributed by atoms with E-state index in [9.17, 15) is 4.79 Å². The third-order valence-corrected chi connectivity index (χ3v) is 8.41. The van der Waals surface area contributed by atoms with Crippen molar-refractivity contribution in [1.82, 2.24) is 33.9 Å². The zero-order valence-corrected chi connectivity index (χ0v) is 24.5. The van der Waals surface area contributed by atoms with Crippen molar-refractivity contribution in [3.63, 3.8) is 0 Å². The van der Waals surface area contributed by atoms with Gasteiger partial charge in [-0.3, -0.25) is 23.8 Å². The predicted molar refractivity (Wildman–Crippen MR) is 162 cm³/mol. The van der Waals surface area contributed by atoms with Gasteiger partial charge in [-0.25, -0.2) is 9.37 Å². The maximum Gasteiger partial charge on any atom is 0.274 e. The summed E-state index contributed by atoms with van der Waals surface area (Å²) in [5.41, 5.74) is 4.33. The Morgan fingerprint density at radius 3 is 2.77 bits per heavy atom. The van der Waals surface area contributed by atoms with Crippen molar-refractivity contribution in [1.29, 1.82) is 0 Å². The highest BCUT2D eigenvalue weighted by molar-refractivity contribution is 6.09. The summed E-state index contributed by atoms with van der Waals surface area (Å²) in [5, 5.41) is 8.06. The summed E-state index contributed by atoms with van der Waals surface area (Å²) in [6, 6.07) is 12.8. The molecular weight excluding hydrogens is 547 g/mol. The van der Waals surface area contributed by atoms with Crippen molar-refractivity contribution in [3.05, 3.63) is 83.5 Å². The zero-order valence-electron chi connectivity index (χ0n) is 24.5. The number of piperazine rings is 1. The number of hydrogen-bond donors (Lipinski definition) is 1. The lowest BCUT2D eigenvalue weighted by molar-refractivity contribution is 0.102. The second-order valence-electron chi connectivity index (χ2n) is 11.6. The minimum Gasteiger partial charge on any atom is -0.492 e. The van der Waals surface area contributed by atoms with Crippen molar-refractivity contribution in [3.8, 4) is 5.75 Å². The molecule has 7 rings (SSSR count). The number of rotatable bonds is 9. The molecule has 0 atom stereocenters. The molecule has 1 amide bonds. The number of halogens is 1. The standard InChI is InChI=1S/C32H35FN8O2/c1-21-30-27(41(37-21)20-23-4-3-5-26(35-23)22-6-7-22)9-8-25(33)31(30)36-32(42)28-19-34-29-18-24(10-11-40(28)29)43-17-16-39-14-12-38(2)13-15-39/h3-5,8-11,18-19,22H,6-7,12-17,20H2,1-2H3,(H,36,42). The van der Waals surface area contributed by atoms with Gasteiger partial charge in [-0.1, -0.05) is 6.07 Å². The van der Waals surface area contributed by atoms with Gasteiger partial charge in [0.2, 0.25) is 0 Å². The summed E-state index contributed by atoms with van der Waals surface area (Å²) in [6.45, 7) is 7.92. The highest BCUT2D eigenvalue weighted by Gasteiger charge is 2.25. The fourth-order valence-electron chi connectivity index (χ4n) is 5.78. The summed E-state index contributed by atoms with van der Waals surface area (Å²) in [5.74, 6) is 0.254. The van der Waals surface area contributed by atoms with Crippen molar-refractivity contribution >= 4 is 28.1 Å². The number of likely N-dealkylation sites (N-methyl/N-ethyl adjacent to an activating group) is 1. The van der Waals surface area contributed by atoms with Gasteiger partial charge in [-0.05, 0) is 57.1 Å². The normalized spacial score (nSPS) is 16.3. The van der Waals surface area contributed by atoms with Gasteiger partial charge in [0.25, 0.3) is 5.91 Å². The maximum atomic E-state index is 15.2. The molecule has 11 heteroatoms. The number of hydrogen-bond acceptors (Lipinski definition) is 7. The van der Waals surface area contributed by atoms with E-state index in [0.717, 1.165) is 49.6 Å². The Hall–Kier alpha value is -4.35. The molecular formula is C32H35FN8O2. The molecule has 0 radical (unpaired) electrons. The van der Waals surface area contributed by atoms with E-state index in [-0.39, 0.29) is 5.69 Å². The van der Waals surface area contributed by atoms with Gasteiger partial charge < -0.3 is 15.0 Å². The van der Waals surface area contributed by atoms with Crippen LogP contribution in [0.3, 0.4) is 0 Å². The predicted octanol–water partition coefficient (Wildman–Crippen LogP) is 4.33. The number of fused-ring (bicyclic) bond motifs is 2. The number of pyridine rings is 2. The fourth-order valence-corrected chi connectivity index (χ4v) is 5.78. The van der Waals surface area contributed by atoms with E-state index < -0.39 is 11.7 Å². The van der Waals surface area contributed by atoms with Crippen molar-refractivity contribution in [2.24, 2.45) is 0 Å². The molecule has 10 nitrogen and oxygen atoms in total. The summed E-state index contributed by atoms with van der Waals surface area (Å²) >= 11 is 0. The van der Waals surface area contributed by atoms with Crippen LogP contribution in [0, 0.1) is 12.7 Å². The third-order valence-electron chi connectivity index (χ3n) is 8.41. The van der Waals surface area contributed by atoms with Gasteiger partial charge in [0.1, 0.15) is 29.5 Å². The Kier molecular flexibility index (Phi) is 7.28. The van der Waals surface area contributed by atoms with Gasteiger partial charge in [-0.2, -0.15) is 5.10 Å². The van der Waals surface area contributed by atoms with Crippen molar-refractivity contribution < 1.29 is 13.9 Å². The number of aromatic nitrogens is 5. The summed E-state index contributed by atoms with van der Waals surface area (Å²) in [7, 11) is 2.14. The molecule has 1 N–H and O–H groups in total. The number of carbonyl (C=O) groups excluding carboxylic acids is 1. The maximum absolute atomic E-state index is 15.2. The van der Waals surface area contributed by atoms with Crippen LogP contribution in [0.15, 0.2) is 54.9 Å². The van der Waals surface area contributed by atoms with E-state index in [1.54, 1.807) is 16.7 Å². The number of aryl methyl sites for hydroxylation is 1. The fraction of sp³-hybridized carbons (Fsp3) is 0.375. The van der Waals surface area contributed by atoms with E-state index in [1.165, 1.54) is 25.1 Å². The number of ether oxygens (including phenoxy) is 1. The van der Waals surface area contributed by atoms with Gasteiger partial charge in [-0.15, -0.1) is 0 Å². The Balaban J connectivity index is 1.07. The molecule has 1 aliphatic heterocycles. The molecule has 1 saturated heterocycles. The first kappa shape index (κ1) is 27.5. The van der Waals surface area contributed by atoms with Gasteiger partial charge >= 0.3 is 0 Å². The number of carbonyl (C=O) groups is 1. The van der Waals surface area contributed by atoms with Crippen LogP contribution < -0.4 is 10.1 Å². The highest BCUT2D eigenvalue weighted by Crippen LogP contribution is 2.39. The molecule has 1 saturated carbocycles. The minimum absolute atomic E-state index is 0.102. The number of amides is 1. The number of benzene rings is 1. The minimum atomic E-state index is -0.526. The first-order chi connectivity index (χ1) is 20.9. The molecule has 5 aromatic rings. The van der Waals surface area contributed by atoms with Gasteiger partial charge in [0.05, 0.1) is 35.3 Å². The van der Waals surface area contributed by atoms with Gasteiger partial charge in [0.15, 0.2) is 0 Å². The molecule has 0 bridgehead atoms. The van der Waals surface area contributed by atoms with Crippen LogP contribution in [0.1, 0.15) is 46.3 Å². The summed E-state index contributed by atoms with van der Waals surface area (Å²) in [6.07, 6.45) is 5.61. The molecule has 0 spiro atoms. The van der Waals surface area contributed by atoms with E-state index in [2.05, 4.69) is 38.3 Å².